The number of Topliss-reactive ketones (excluding diaryl/α,β-unsaturated/α-hetero) is 1. The summed E-state index contributed by atoms with van der Waals surface area (Å²) in [5, 5.41) is 10.1. The summed E-state index contributed by atoms with van der Waals surface area (Å²) in [5.74, 6) is -8.05. The Morgan fingerprint density at radius 1 is 0.938 bits per heavy atom. The van der Waals surface area contributed by atoms with Crippen molar-refractivity contribution >= 4 is 41.6 Å². The maximum atomic E-state index is 15.4. The molecule has 15 nitrogen and oxygen atoms in total. The molecule has 2 bridgehead atoms. The standard InChI is InChI=1S/C33H40O15/c1-13-22-24(40)31(7)18(11-19(37)42-9)30(5,6)27(45-16(4)36)23(43-14(2)34)28(31)48-33(13)12-21(39)46-25(17-10-20(38)47-29(17)41)32(33,8)26(22)44-15(3)35/h10,18,20,22-23,25-28,38H,1,11-12H2,2-9H3/t18-,20-,22-,23-,25-,26-,27+,28-,31-,32+,33-/m0/s1. The van der Waals surface area contributed by atoms with Crippen LogP contribution in [0.4, 0.5) is 0 Å². The number of hydrogen-bond acceptors (Lipinski definition) is 15. The van der Waals surface area contributed by atoms with Gasteiger partial charge in [0.2, 0.25) is 6.29 Å². The van der Waals surface area contributed by atoms with Gasteiger partial charge in [0.1, 0.15) is 30.0 Å². The van der Waals surface area contributed by atoms with Crippen LogP contribution in [-0.4, -0.2) is 96.2 Å². The molecule has 1 N–H and O–H groups in total. The highest BCUT2D eigenvalue weighted by Crippen LogP contribution is 2.69. The van der Waals surface area contributed by atoms with Gasteiger partial charge >= 0.3 is 35.8 Å². The van der Waals surface area contributed by atoms with E-state index < -0.39 is 119 Å². The number of rotatable bonds is 6. The number of carbonyl (C=O) groups excluding carboxylic acids is 7. The summed E-state index contributed by atoms with van der Waals surface area (Å²) in [6, 6.07) is 0. The molecule has 48 heavy (non-hydrogen) atoms. The first-order valence-corrected chi connectivity index (χ1v) is 15.5. The molecule has 2 aliphatic carbocycles. The fourth-order valence-electron chi connectivity index (χ4n) is 9.03. The van der Waals surface area contributed by atoms with Crippen molar-refractivity contribution in [2.24, 2.45) is 28.1 Å². The average Bonchev–Trinajstić information content (AvgIpc) is 3.37. The van der Waals surface area contributed by atoms with E-state index in [1.54, 1.807) is 13.8 Å². The van der Waals surface area contributed by atoms with Crippen LogP contribution in [0.15, 0.2) is 23.8 Å². The van der Waals surface area contributed by atoms with E-state index in [2.05, 4.69) is 6.58 Å². The second kappa shape index (κ2) is 11.5. The van der Waals surface area contributed by atoms with E-state index in [1.165, 1.54) is 21.0 Å². The Morgan fingerprint density at radius 2 is 1.52 bits per heavy atom. The van der Waals surface area contributed by atoms with E-state index in [1.807, 2.05) is 0 Å². The third kappa shape index (κ3) is 4.79. The molecule has 15 heteroatoms. The van der Waals surface area contributed by atoms with Crippen LogP contribution in [0.1, 0.15) is 61.3 Å². The fourth-order valence-corrected chi connectivity index (χ4v) is 9.03. The molecule has 5 rings (SSSR count). The third-order valence-electron chi connectivity index (χ3n) is 11.1. The van der Waals surface area contributed by atoms with Gasteiger partial charge in [-0.05, 0) is 31.4 Å². The van der Waals surface area contributed by atoms with Gasteiger partial charge in [0.25, 0.3) is 0 Å². The van der Waals surface area contributed by atoms with Gasteiger partial charge in [-0.1, -0.05) is 20.4 Å². The van der Waals surface area contributed by atoms with Gasteiger partial charge in [-0.25, -0.2) is 4.79 Å². The molecule has 0 amide bonds. The Hall–Kier alpha value is -4.11. The molecule has 3 aliphatic heterocycles. The molecule has 2 saturated carbocycles. The molecular formula is C33H40O15. The van der Waals surface area contributed by atoms with Gasteiger partial charge in [-0.2, -0.15) is 0 Å². The van der Waals surface area contributed by atoms with E-state index >= 15 is 4.79 Å². The largest absolute Gasteiger partial charge is 0.469 e. The van der Waals surface area contributed by atoms with Crippen molar-refractivity contribution in [3.05, 3.63) is 23.8 Å². The van der Waals surface area contributed by atoms with Crippen LogP contribution < -0.4 is 0 Å². The Labute approximate surface area is 276 Å². The van der Waals surface area contributed by atoms with Crippen LogP contribution in [0.2, 0.25) is 0 Å². The van der Waals surface area contributed by atoms with Crippen LogP contribution in [-0.2, 0) is 66.7 Å². The molecule has 262 valence electrons. The zero-order valence-electron chi connectivity index (χ0n) is 28.0. The summed E-state index contributed by atoms with van der Waals surface area (Å²) in [5.41, 5.74) is -7.04. The number of aliphatic hydroxyl groups is 1. The number of carbonyl (C=O) groups is 7. The number of cyclic esters (lactones) is 2. The second-order valence-corrected chi connectivity index (χ2v) is 14.1. The molecule has 0 aromatic rings. The summed E-state index contributed by atoms with van der Waals surface area (Å²) in [6.45, 7) is 13.9. The highest BCUT2D eigenvalue weighted by molar-refractivity contribution is 5.96. The zero-order valence-corrected chi connectivity index (χ0v) is 28.0. The lowest BCUT2D eigenvalue weighted by molar-refractivity contribution is -0.295. The van der Waals surface area contributed by atoms with Crippen LogP contribution >= 0.6 is 0 Å². The fraction of sp³-hybridized carbons (Fsp3) is 0.667. The zero-order chi connectivity index (χ0) is 35.9. The van der Waals surface area contributed by atoms with Crippen molar-refractivity contribution in [1.29, 1.82) is 0 Å². The van der Waals surface area contributed by atoms with Gasteiger partial charge < -0.3 is 38.3 Å². The lowest BCUT2D eigenvalue weighted by Crippen LogP contribution is -2.73. The van der Waals surface area contributed by atoms with E-state index in [9.17, 15) is 33.9 Å². The number of fused-ring (bicyclic) bond motifs is 2. The lowest BCUT2D eigenvalue weighted by Gasteiger charge is -2.61. The summed E-state index contributed by atoms with van der Waals surface area (Å²) >= 11 is 0. The number of ketones is 1. The van der Waals surface area contributed by atoms with Crippen molar-refractivity contribution in [3.63, 3.8) is 0 Å². The highest BCUT2D eigenvalue weighted by Gasteiger charge is 2.81. The molecule has 0 unspecified atom stereocenters. The van der Waals surface area contributed by atoms with E-state index in [-0.39, 0.29) is 17.6 Å². The summed E-state index contributed by atoms with van der Waals surface area (Å²) in [4.78, 5) is 92.8. The Kier molecular flexibility index (Phi) is 8.44. The summed E-state index contributed by atoms with van der Waals surface area (Å²) < 4.78 is 40.1. The molecule has 0 radical (unpaired) electrons. The summed E-state index contributed by atoms with van der Waals surface area (Å²) in [7, 11) is 1.17. The van der Waals surface area contributed by atoms with Crippen molar-refractivity contribution in [2.45, 2.75) is 104 Å². The normalized spacial score (nSPS) is 41.1. The quantitative estimate of drug-likeness (QED) is 0.237. The maximum Gasteiger partial charge on any atom is 0.340 e. The molecular weight excluding hydrogens is 636 g/mol. The topological polar surface area (TPSA) is 204 Å². The first-order valence-electron chi connectivity index (χ1n) is 15.5. The van der Waals surface area contributed by atoms with Gasteiger partial charge in [0, 0.05) is 26.2 Å². The predicted octanol–water partition coefficient (Wildman–Crippen LogP) is 1.02. The van der Waals surface area contributed by atoms with Crippen LogP contribution in [0.5, 0.6) is 0 Å². The van der Waals surface area contributed by atoms with Gasteiger partial charge in [0.05, 0.1) is 42.3 Å². The molecule has 4 fully saturated rings. The maximum absolute atomic E-state index is 15.4. The van der Waals surface area contributed by atoms with E-state index in [0.29, 0.717) is 0 Å². The number of esters is 6. The van der Waals surface area contributed by atoms with Gasteiger partial charge in [-0.3, -0.25) is 28.8 Å². The summed E-state index contributed by atoms with van der Waals surface area (Å²) in [6.07, 6.45) is -8.92. The van der Waals surface area contributed by atoms with Crippen LogP contribution in [0, 0.1) is 28.1 Å². The van der Waals surface area contributed by atoms with Crippen molar-refractivity contribution < 1.29 is 71.8 Å². The first kappa shape index (κ1) is 35.2. The number of ether oxygens (including phenoxy) is 7. The van der Waals surface area contributed by atoms with E-state index in [4.69, 9.17) is 33.2 Å². The minimum Gasteiger partial charge on any atom is -0.469 e. The number of methoxy groups -OCH3 is 1. The van der Waals surface area contributed by atoms with Crippen molar-refractivity contribution in [3.8, 4) is 0 Å². The number of hydrogen-bond donors (Lipinski definition) is 1. The van der Waals surface area contributed by atoms with Crippen LogP contribution in [0.25, 0.3) is 0 Å². The second-order valence-electron chi connectivity index (χ2n) is 14.1. The van der Waals surface area contributed by atoms with Crippen LogP contribution in [0.3, 0.4) is 0 Å². The first-order chi connectivity index (χ1) is 22.2. The van der Waals surface area contributed by atoms with Crippen molar-refractivity contribution in [1.82, 2.24) is 0 Å². The molecule has 5 aliphatic rings. The molecule has 2 saturated heterocycles. The number of aliphatic hydroxyl groups excluding tert-OH is 1. The van der Waals surface area contributed by atoms with Gasteiger partial charge in [-0.15, -0.1) is 0 Å². The highest BCUT2D eigenvalue weighted by atomic mass is 16.6. The smallest absolute Gasteiger partial charge is 0.340 e. The third-order valence-corrected chi connectivity index (χ3v) is 11.1. The average molecular weight is 677 g/mol. The predicted molar refractivity (Wildman–Crippen MR) is 157 cm³/mol. The minimum absolute atomic E-state index is 0.0197. The minimum atomic E-state index is -1.96. The Morgan fingerprint density at radius 3 is 2.04 bits per heavy atom. The molecule has 0 aromatic carbocycles. The molecule has 11 atom stereocenters. The van der Waals surface area contributed by atoms with Gasteiger partial charge in [0.15, 0.2) is 11.9 Å². The molecule has 0 aromatic heterocycles. The molecule has 3 heterocycles. The Balaban J connectivity index is 1.84. The lowest BCUT2D eigenvalue weighted by atomic mass is 9.49. The van der Waals surface area contributed by atoms with E-state index in [0.717, 1.165) is 26.8 Å². The Bertz CT molecular complexity index is 1540. The monoisotopic (exact) mass is 676 g/mol. The SMILES string of the molecule is C=C1[C@H]2C(=O)[C@@]3(C)[C@@H](O[C@@]14CC(=O)O[C@@H](C1=C[C@@H](O)OC1=O)[C@]4(C)[C@H]2OC(C)=O)[C@@H](OC(C)=O)[C@@H](OC(C)=O)C(C)(C)[C@@H]3CC(=O)OC. The molecule has 1 spiro atoms. The van der Waals surface area contributed by atoms with Crippen molar-refractivity contribution in [2.75, 3.05) is 7.11 Å².